The third kappa shape index (κ3) is 4.14. The lowest BCUT2D eigenvalue weighted by molar-refractivity contribution is -0.0711. The third-order valence-corrected chi connectivity index (χ3v) is 5.25. The Morgan fingerprint density at radius 1 is 0.824 bits per heavy atom. The molecule has 0 radical (unpaired) electrons. The van der Waals surface area contributed by atoms with Crippen LogP contribution in [0.4, 0.5) is 0 Å². The molecular formula is C24H22O10. The number of hydrogen-bond acceptors (Lipinski definition) is 10. The average Bonchev–Trinajstić information content (AvgIpc) is 2.81. The Labute approximate surface area is 193 Å². The summed E-state index contributed by atoms with van der Waals surface area (Å²) in [6.45, 7) is 0. The van der Waals surface area contributed by atoms with E-state index in [0.29, 0.717) is 22.6 Å². The number of fused-ring (bicyclic) bond motifs is 1. The summed E-state index contributed by atoms with van der Waals surface area (Å²) in [6, 6.07) is 9.47. The first-order valence-electron chi connectivity index (χ1n) is 9.99. The van der Waals surface area contributed by atoms with Crippen LogP contribution in [0.3, 0.4) is 0 Å². The van der Waals surface area contributed by atoms with Crippen molar-refractivity contribution in [3.63, 3.8) is 0 Å². The Morgan fingerprint density at radius 2 is 1.50 bits per heavy atom. The zero-order valence-electron chi connectivity index (χ0n) is 18.1. The summed E-state index contributed by atoms with van der Waals surface area (Å²) in [5.41, 5.74) is 0.734. The van der Waals surface area contributed by atoms with Crippen LogP contribution in [0.2, 0.25) is 0 Å². The minimum Gasteiger partial charge on any atom is -0.508 e. The molecule has 1 atom stereocenters. The van der Waals surface area contributed by atoms with Crippen molar-refractivity contribution in [1.82, 2.24) is 0 Å². The first-order valence-corrected chi connectivity index (χ1v) is 9.99. The van der Waals surface area contributed by atoms with Gasteiger partial charge in [-0.3, -0.25) is 0 Å². The Balaban J connectivity index is 1.79. The van der Waals surface area contributed by atoms with Crippen molar-refractivity contribution < 1.29 is 49.6 Å². The molecule has 0 bridgehead atoms. The highest BCUT2D eigenvalue weighted by Gasteiger charge is 2.29. The normalized spacial score (nSPS) is 13.6. The Hall–Kier alpha value is -4.44. The summed E-state index contributed by atoms with van der Waals surface area (Å²) in [5.74, 6) is -1.17. The quantitative estimate of drug-likeness (QED) is 0.233. The summed E-state index contributed by atoms with van der Waals surface area (Å²) in [4.78, 5) is 0. The SMILES string of the molecule is COc1ccc(C2=C(OC(O)c3cc(O)c(O)c(O)c3)Cc3c(O)cc(O)cc3O2)cc1OC. The lowest BCUT2D eigenvalue weighted by Crippen LogP contribution is -2.15. The molecule has 3 aromatic rings. The first-order chi connectivity index (χ1) is 16.2. The Bertz CT molecular complexity index is 1260. The number of aliphatic hydroxyl groups is 1. The zero-order chi connectivity index (χ0) is 24.6. The molecule has 178 valence electrons. The van der Waals surface area contributed by atoms with Crippen LogP contribution < -0.4 is 14.2 Å². The standard InChI is InChI=1S/C24H22O10/c1-31-18-4-3-11(7-20(18)32-2)23-21(10-14-15(26)8-13(25)9-19(14)33-23)34-24(30)12-5-16(27)22(29)17(28)6-12/h3-9,24-30H,10H2,1-2H3. The van der Waals surface area contributed by atoms with Gasteiger partial charge in [-0.1, -0.05) is 0 Å². The summed E-state index contributed by atoms with van der Waals surface area (Å²) >= 11 is 0. The number of aromatic hydroxyl groups is 5. The number of aliphatic hydroxyl groups excluding tert-OH is 1. The van der Waals surface area contributed by atoms with Gasteiger partial charge in [-0.05, 0) is 30.3 Å². The smallest absolute Gasteiger partial charge is 0.224 e. The number of hydrogen-bond donors (Lipinski definition) is 6. The highest BCUT2D eigenvalue weighted by atomic mass is 16.6. The van der Waals surface area contributed by atoms with E-state index >= 15 is 0 Å². The van der Waals surface area contributed by atoms with Crippen LogP contribution in [0.1, 0.15) is 23.0 Å². The van der Waals surface area contributed by atoms with Gasteiger partial charge in [-0.15, -0.1) is 0 Å². The van der Waals surface area contributed by atoms with Gasteiger partial charge in [-0.25, -0.2) is 0 Å². The maximum Gasteiger partial charge on any atom is 0.224 e. The molecule has 1 aliphatic rings. The van der Waals surface area contributed by atoms with E-state index in [4.69, 9.17) is 18.9 Å². The summed E-state index contributed by atoms with van der Waals surface area (Å²) in [7, 11) is 2.96. The molecule has 1 aliphatic heterocycles. The van der Waals surface area contributed by atoms with Crippen molar-refractivity contribution in [2.24, 2.45) is 0 Å². The second-order valence-electron chi connectivity index (χ2n) is 7.42. The molecule has 0 spiro atoms. The van der Waals surface area contributed by atoms with Gasteiger partial charge in [0, 0.05) is 35.2 Å². The third-order valence-electron chi connectivity index (χ3n) is 5.25. The Kier molecular flexibility index (Phi) is 5.91. The number of benzene rings is 3. The number of rotatable bonds is 6. The molecule has 10 nitrogen and oxygen atoms in total. The molecule has 0 saturated heterocycles. The van der Waals surface area contributed by atoms with Gasteiger partial charge >= 0.3 is 0 Å². The first kappa shape index (κ1) is 22.7. The molecule has 0 aromatic heterocycles. The van der Waals surface area contributed by atoms with E-state index in [9.17, 15) is 30.6 Å². The van der Waals surface area contributed by atoms with Gasteiger partial charge in [-0.2, -0.15) is 0 Å². The van der Waals surface area contributed by atoms with Gasteiger partial charge in [0.2, 0.25) is 6.29 Å². The molecule has 4 rings (SSSR count). The van der Waals surface area contributed by atoms with Gasteiger partial charge in [0.05, 0.1) is 14.2 Å². The minimum atomic E-state index is -1.69. The highest BCUT2D eigenvalue weighted by Crippen LogP contribution is 2.44. The minimum absolute atomic E-state index is 0.0295. The summed E-state index contributed by atoms with van der Waals surface area (Å²) in [5, 5.41) is 59.9. The van der Waals surface area contributed by atoms with Crippen LogP contribution in [-0.4, -0.2) is 44.9 Å². The molecular weight excluding hydrogens is 448 g/mol. The van der Waals surface area contributed by atoms with Gasteiger partial charge in [0.25, 0.3) is 0 Å². The van der Waals surface area contributed by atoms with Crippen molar-refractivity contribution in [3.8, 4) is 46.0 Å². The molecule has 0 fully saturated rings. The van der Waals surface area contributed by atoms with Crippen LogP contribution in [-0.2, 0) is 11.2 Å². The van der Waals surface area contributed by atoms with E-state index in [1.165, 1.54) is 20.3 Å². The molecule has 3 aromatic carbocycles. The van der Waals surface area contributed by atoms with Gasteiger partial charge in [0.1, 0.15) is 23.0 Å². The summed E-state index contributed by atoms with van der Waals surface area (Å²) < 4.78 is 22.3. The maximum absolute atomic E-state index is 10.7. The lowest BCUT2D eigenvalue weighted by Gasteiger charge is -2.26. The fraction of sp³-hybridized carbons (Fsp3) is 0.167. The van der Waals surface area contributed by atoms with E-state index in [2.05, 4.69) is 0 Å². The predicted molar refractivity (Wildman–Crippen MR) is 118 cm³/mol. The van der Waals surface area contributed by atoms with Crippen LogP contribution in [0.15, 0.2) is 48.2 Å². The molecule has 0 saturated carbocycles. The average molecular weight is 470 g/mol. The van der Waals surface area contributed by atoms with Crippen LogP contribution >= 0.6 is 0 Å². The van der Waals surface area contributed by atoms with Crippen molar-refractivity contribution in [1.29, 1.82) is 0 Å². The molecule has 1 heterocycles. The van der Waals surface area contributed by atoms with E-state index in [1.807, 2.05) is 0 Å². The van der Waals surface area contributed by atoms with Crippen molar-refractivity contribution >= 4 is 5.76 Å². The highest BCUT2D eigenvalue weighted by molar-refractivity contribution is 5.71. The van der Waals surface area contributed by atoms with Crippen LogP contribution in [0.5, 0.6) is 46.0 Å². The second kappa shape index (κ2) is 8.83. The monoisotopic (exact) mass is 470 g/mol. The van der Waals surface area contributed by atoms with Crippen molar-refractivity contribution in [2.45, 2.75) is 12.7 Å². The molecule has 34 heavy (non-hydrogen) atoms. The number of phenols is 5. The van der Waals surface area contributed by atoms with E-state index in [1.54, 1.807) is 18.2 Å². The predicted octanol–water partition coefficient (Wildman–Crippen LogP) is 3.24. The number of methoxy groups -OCH3 is 2. The zero-order valence-corrected chi connectivity index (χ0v) is 18.1. The topological polar surface area (TPSA) is 158 Å². The molecule has 0 amide bonds. The van der Waals surface area contributed by atoms with Crippen molar-refractivity contribution in [3.05, 3.63) is 64.9 Å². The molecule has 6 N–H and O–H groups in total. The number of ether oxygens (including phenoxy) is 4. The maximum atomic E-state index is 10.7. The van der Waals surface area contributed by atoms with Gasteiger partial charge in [0.15, 0.2) is 34.5 Å². The molecule has 0 aliphatic carbocycles. The molecule has 10 heteroatoms. The number of allylic oxidation sites excluding steroid dienone is 1. The van der Waals surface area contributed by atoms with Crippen LogP contribution in [0, 0.1) is 0 Å². The molecule has 1 unspecified atom stereocenters. The van der Waals surface area contributed by atoms with Gasteiger partial charge < -0.3 is 49.6 Å². The fourth-order valence-electron chi connectivity index (χ4n) is 3.56. The fourth-order valence-corrected chi connectivity index (χ4v) is 3.56. The van der Waals surface area contributed by atoms with E-state index in [0.717, 1.165) is 18.2 Å². The number of phenolic OH excluding ortho intramolecular Hbond substituents is 5. The van der Waals surface area contributed by atoms with E-state index in [-0.39, 0.29) is 40.8 Å². The Morgan fingerprint density at radius 3 is 2.15 bits per heavy atom. The van der Waals surface area contributed by atoms with E-state index < -0.39 is 23.5 Å². The second-order valence-corrected chi connectivity index (χ2v) is 7.42. The lowest BCUT2D eigenvalue weighted by atomic mass is 10.0. The largest absolute Gasteiger partial charge is 0.508 e. The van der Waals surface area contributed by atoms with Crippen molar-refractivity contribution in [2.75, 3.05) is 14.2 Å². The summed E-state index contributed by atoms with van der Waals surface area (Å²) in [6.07, 6.45) is -1.72. The van der Waals surface area contributed by atoms with Crippen LogP contribution in [0.25, 0.3) is 5.76 Å².